The van der Waals surface area contributed by atoms with Gasteiger partial charge in [0.15, 0.2) is 5.65 Å². The van der Waals surface area contributed by atoms with Gasteiger partial charge in [-0.3, -0.25) is 9.69 Å². The van der Waals surface area contributed by atoms with Gasteiger partial charge in [-0.25, -0.2) is 4.98 Å². The number of piperidine rings is 1. The van der Waals surface area contributed by atoms with E-state index < -0.39 is 0 Å². The van der Waals surface area contributed by atoms with Crippen LogP contribution in [0, 0.1) is 13.8 Å². The molecular weight excluding hydrogens is 426 g/mol. The van der Waals surface area contributed by atoms with E-state index in [1.165, 1.54) is 11.1 Å². The molecule has 1 unspecified atom stereocenters. The molecule has 0 spiro atoms. The topological polar surface area (TPSA) is 71.8 Å². The predicted molar refractivity (Wildman–Crippen MR) is 134 cm³/mol. The van der Waals surface area contributed by atoms with E-state index in [1.807, 2.05) is 6.92 Å². The van der Waals surface area contributed by atoms with E-state index >= 15 is 0 Å². The van der Waals surface area contributed by atoms with Gasteiger partial charge < -0.3 is 10.1 Å². The molecule has 1 N–H and O–H groups in total. The lowest BCUT2D eigenvalue weighted by Gasteiger charge is -2.32. The second-order valence-electron chi connectivity index (χ2n) is 9.18. The summed E-state index contributed by atoms with van der Waals surface area (Å²) in [6.45, 7) is 11.3. The normalized spacial score (nSPS) is 16.5. The second-order valence-corrected chi connectivity index (χ2v) is 9.18. The third-order valence-electron chi connectivity index (χ3n) is 6.53. The van der Waals surface area contributed by atoms with Crippen molar-refractivity contribution in [1.29, 1.82) is 0 Å². The maximum Gasteiger partial charge on any atom is 0.221 e. The highest BCUT2D eigenvalue weighted by molar-refractivity contribution is 5.76. The van der Waals surface area contributed by atoms with Crippen molar-refractivity contribution in [1.82, 2.24) is 24.8 Å². The van der Waals surface area contributed by atoms with Gasteiger partial charge in [-0.15, -0.1) is 6.58 Å². The molecule has 1 aliphatic heterocycles. The van der Waals surface area contributed by atoms with Crippen LogP contribution in [0.5, 0.6) is 5.88 Å². The summed E-state index contributed by atoms with van der Waals surface area (Å²) in [7, 11) is 1.65. The lowest BCUT2D eigenvalue weighted by atomic mass is 9.94. The van der Waals surface area contributed by atoms with Crippen molar-refractivity contribution in [3.63, 3.8) is 0 Å². The lowest BCUT2D eigenvalue weighted by molar-refractivity contribution is -0.120. The lowest BCUT2D eigenvalue weighted by Crippen LogP contribution is -2.34. The number of nitrogens with zero attached hydrogens (tertiary/aromatic N) is 4. The van der Waals surface area contributed by atoms with Gasteiger partial charge in [0.2, 0.25) is 11.8 Å². The van der Waals surface area contributed by atoms with Crippen LogP contribution < -0.4 is 10.1 Å². The summed E-state index contributed by atoms with van der Waals surface area (Å²) >= 11 is 0. The Morgan fingerprint density at radius 1 is 1.32 bits per heavy atom. The molecule has 1 atom stereocenters. The van der Waals surface area contributed by atoms with Crippen LogP contribution in [0.25, 0.3) is 5.65 Å². The zero-order chi connectivity index (χ0) is 24.1. The van der Waals surface area contributed by atoms with Gasteiger partial charge in [-0.05, 0) is 45.2 Å². The first-order chi connectivity index (χ1) is 16.5. The Hall–Kier alpha value is -3.19. The summed E-state index contributed by atoms with van der Waals surface area (Å²) < 4.78 is 7.57. The quantitative estimate of drug-likeness (QED) is 0.488. The number of carbonyl (C=O) groups is 1. The number of ether oxygens (including phenoxy) is 1. The maximum atomic E-state index is 12.1. The molecule has 1 saturated heterocycles. The Bertz CT molecular complexity index is 1170. The van der Waals surface area contributed by atoms with Crippen LogP contribution in [-0.4, -0.2) is 52.1 Å². The molecule has 2 aromatic heterocycles. The Morgan fingerprint density at radius 3 is 2.94 bits per heavy atom. The fourth-order valence-corrected chi connectivity index (χ4v) is 4.86. The molecule has 1 amide bonds. The number of rotatable bonds is 9. The maximum absolute atomic E-state index is 12.1. The van der Waals surface area contributed by atoms with Crippen molar-refractivity contribution in [3.05, 3.63) is 71.1 Å². The summed E-state index contributed by atoms with van der Waals surface area (Å²) in [6.07, 6.45) is 4.85. The highest BCUT2D eigenvalue weighted by Gasteiger charge is 2.25. The van der Waals surface area contributed by atoms with Crippen molar-refractivity contribution in [2.75, 3.05) is 26.7 Å². The summed E-state index contributed by atoms with van der Waals surface area (Å²) in [5.41, 5.74) is 6.30. The van der Waals surface area contributed by atoms with Crippen molar-refractivity contribution in [3.8, 4) is 5.88 Å². The smallest absolute Gasteiger partial charge is 0.221 e. The second kappa shape index (κ2) is 10.8. The summed E-state index contributed by atoms with van der Waals surface area (Å²) in [6, 6.07) is 10.8. The van der Waals surface area contributed by atoms with Crippen molar-refractivity contribution >= 4 is 11.6 Å². The molecule has 0 aliphatic carbocycles. The number of hydrogen-bond acceptors (Lipinski definition) is 5. The fraction of sp³-hybridized carbons (Fsp3) is 0.444. The molecule has 1 aliphatic rings. The SMILES string of the molecule is C=CCNC(=O)CCc1c(C)nc2cc(C3CCCN(Cc4cccc(C)c4)C3)nn2c1OC. The van der Waals surface area contributed by atoms with Gasteiger partial charge in [0.05, 0.1) is 12.8 Å². The number of benzene rings is 1. The van der Waals surface area contributed by atoms with E-state index in [1.54, 1.807) is 17.7 Å². The standard InChI is InChI=1S/C27H35N5O2/c1-5-13-28-26(33)12-11-23-20(3)29-25-16-24(30-32(25)27(23)34-4)22-10-7-14-31(18-22)17-21-9-6-8-19(2)15-21/h5-6,8-9,15-16,22H,1,7,10-14,17-18H2,2-4H3,(H,28,33). The monoisotopic (exact) mass is 461 g/mol. The van der Waals surface area contributed by atoms with Gasteiger partial charge in [-0.1, -0.05) is 35.9 Å². The van der Waals surface area contributed by atoms with Crippen molar-refractivity contribution < 1.29 is 9.53 Å². The van der Waals surface area contributed by atoms with Gasteiger partial charge >= 0.3 is 0 Å². The van der Waals surface area contributed by atoms with E-state index in [2.05, 4.69) is 54.1 Å². The zero-order valence-electron chi connectivity index (χ0n) is 20.5. The fourth-order valence-electron chi connectivity index (χ4n) is 4.86. The number of hydrogen-bond donors (Lipinski definition) is 1. The van der Waals surface area contributed by atoms with E-state index in [4.69, 9.17) is 14.8 Å². The molecule has 0 radical (unpaired) electrons. The first kappa shape index (κ1) is 24.0. The molecule has 1 aromatic carbocycles. The minimum absolute atomic E-state index is 0.0153. The third-order valence-corrected chi connectivity index (χ3v) is 6.53. The first-order valence-corrected chi connectivity index (χ1v) is 12.1. The minimum atomic E-state index is -0.0153. The van der Waals surface area contributed by atoms with Gasteiger partial charge in [0, 0.05) is 49.3 Å². The van der Waals surface area contributed by atoms with Crippen molar-refractivity contribution in [2.45, 2.75) is 52.0 Å². The highest BCUT2D eigenvalue weighted by Crippen LogP contribution is 2.30. The van der Waals surface area contributed by atoms with Crippen LogP contribution in [-0.2, 0) is 17.8 Å². The Morgan fingerprint density at radius 2 is 2.18 bits per heavy atom. The molecule has 34 heavy (non-hydrogen) atoms. The van der Waals surface area contributed by atoms with Gasteiger partial charge in [-0.2, -0.15) is 9.61 Å². The third kappa shape index (κ3) is 5.47. The molecule has 7 heteroatoms. The number of fused-ring (bicyclic) bond motifs is 1. The summed E-state index contributed by atoms with van der Waals surface area (Å²) in [5.74, 6) is 1.01. The van der Waals surface area contributed by atoms with Crippen LogP contribution in [0.3, 0.4) is 0 Å². The molecule has 4 rings (SSSR count). The van der Waals surface area contributed by atoms with Crippen molar-refractivity contribution in [2.24, 2.45) is 0 Å². The number of aromatic nitrogens is 3. The van der Waals surface area contributed by atoms with Crippen LogP contribution in [0.2, 0.25) is 0 Å². The minimum Gasteiger partial charge on any atom is -0.481 e. The average molecular weight is 462 g/mol. The molecule has 7 nitrogen and oxygen atoms in total. The van der Waals surface area contributed by atoms with E-state index in [0.29, 0.717) is 31.2 Å². The van der Waals surface area contributed by atoms with Gasteiger partial charge in [0.25, 0.3) is 0 Å². The largest absolute Gasteiger partial charge is 0.481 e. The predicted octanol–water partition coefficient (Wildman–Crippen LogP) is 3.97. The van der Waals surface area contributed by atoms with Crippen LogP contribution in [0.1, 0.15) is 53.3 Å². The number of amides is 1. The van der Waals surface area contributed by atoms with Crippen LogP contribution in [0.15, 0.2) is 43.0 Å². The van der Waals surface area contributed by atoms with E-state index in [-0.39, 0.29) is 5.91 Å². The molecule has 0 saturated carbocycles. The number of carbonyl (C=O) groups excluding carboxylic acids is 1. The van der Waals surface area contributed by atoms with Crippen LogP contribution in [0.4, 0.5) is 0 Å². The summed E-state index contributed by atoms with van der Waals surface area (Å²) in [5, 5.41) is 7.75. The Labute approximate surface area is 201 Å². The highest BCUT2D eigenvalue weighted by atomic mass is 16.5. The summed E-state index contributed by atoms with van der Waals surface area (Å²) in [4.78, 5) is 19.4. The number of nitrogens with one attached hydrogen (secondary N) is 1. The van der Waals surface area contributed by atoms with E-state index in [9.17, 15) is 4.79 Å². The van der Waals surface area contributed by atoms with E-state index in [0.717, 1.165) is 55.1 Å². The molecular formula is C27H35N5O2. The molecule has 3 heterocycles. The number of aryl methyl sites for hydroxylation is 2. The number of likely N-dealkylation sites (tertiary alicyclic amines) is 1. The Balaban J connectivity index is 1.53. The molecule has 0 bridgehead atoms. The number of methoxy groups -OCH3 is 1. The van der Waals surface area contributed by atoms with Gasteiger partial charge in [0.1, 0.15) is 0 Å². The Kier molecular flexibility index (Phi) is 7.63. The molecule has 3 aromatic rings. The molecule has 1 fully saturated rings. The average Bonchev–Trinajstić information content (AvgIpc) is 3.25. The first-order valence-electron chi connectivity index (χ1n) is 12.1. The van der Waals surface area contributed by atoms with Crippen LogP contribution >= 0.6 is 0 Å². The molecule has 180 valence electrons. The zero-order valence-corrected chi connectivity index (χ0v) is 20.5.